The molecule has 0 aliphatic rings. The van der Waals surface area contributed by atoms with Gasteiger partial charge in [-0.25, -0.2) is 0 Å². The lowest BCUT2D eigenvalue weighted by Gasteiger charge is -2.16. The zero-order chi connectivity index (χ0) is 11.8. The van der Waals surface area contributed by atoms with E-state index in [9.17, 15) is 0 Å². The van der Waals surface area contributed by atoms with Crippen LogP contribution in [0.1, 0.15) is 0 Å². The molecule has 0 radical (unpaired) electrons. The molecule has 1 aromatic carbocycles. The first-order valence-corrected chi connectivity index (χ1v) is 4.71. The number of phenols is 1. The van der Waals surface area contributed by atoms with Gasteiger partial charge in [0.25, 0.3) is 6.29 Å². The third kappa shape index (κ3) is 3.96. The maximum absolute atomic E-state index is 9.07. The highest BCUT2D eigenvalue weighted by atomic mass is 16.7. The van der Waals surface area contributed by atoms with Crippen LogP contribution in [0.5, 0.6) is 11.5 Å². The third-order valence-electron chi connectivity index (χ3n) is 1.72. The molecule has 0 unspecified atom stereocenters. The van der Waals surface area contributed by atoms with E-state index in [-0.39, 0.29) is 12.4 Å². The fourth-order valence-electron chi connectivity index (χ4n) is 1.03. The second kappa shape index (κ2) is 6.40. The van der Waals surface area contributed by atoms with Gasteiger partial charge in [-0.15, -0.1) is 0 Å². The summed E-state index contributed by atoms with van der Waals surface area (Å²) in [6, 6.07) is 6.36. The molecule has 1 rings (SSSR count). The van der Waals surface area contributed by atoms with Crippen molar-refractivity contribution in [3.63, 3.8) is 0 Å². The number of hydrogen-bond donors (Lipinski definition) is 1. The molecular weight excluding hydrogens is 208 g/mol. The summed E-state index contributed by atoms with van der Waals surface area (Å²) in [5.74, 6) is 0.803. The van der Waals surface area contributed by atoms with Crippen LogP contribution in [0.3, 0.4) is 0 Å². The molecule has 0 heterocycles. The Balaban J connectivity index is 2.44. The van der Waals surface area contributed by atoms with Gasteiger partial charge in [0.15, 0.2) is 6.61 Å². The third-order valence-corrected chi connectivity index (χ3v) is 1.72. The molecule has 0 aliphatic heterocycles. The van der Waals surface area contributed by atoms with Crippen molar-refractivity contribution in [2.45, 2.75) is 6.29 Å². The monoisotopic (exact) mass is 222 g/mol. The molecule has 16 heavy (non-hydrogen) atoms. The van der Waals surface area contributed by atoms with Crippen LogP contribution in [0.15, 0.2) is 49.9 Å². The van der Waals surface area contributed by atoms with E-state index in [0.717, 1.165) is 0 Å². The van der Waals surface area contributed by atoms with Crippen LogP contribution in [0.2, 0.25) is 0 Å². The minimum Gasteiger partial charge on any atom is -0.508 e. The average molecular weight is 222 g/mol. The summed E-state index contributed by atoms with van der Waals surface area (Å²) in [6.45, 7) is 7.05. The van der Waals surface area contributed by atoms with Crippen LogP contribution in [0, 0.1) is 0 Å². The zero-order valence-electron chi connectivity index (χ0n) is 8.83. The van der Waals surface area contributed by atoms with Gasteiger partial charge in [-0.1, -0.05) is 13.2 Å². The largest absolute Gasteiger partial charge is 0.508 e. The molecule has 0 atom stereocenters. The highest BCUT2D eigenvalue weighted by Crippen LogP contribution is 2.16. The Morgan fingerprint density at radius 3 is 2.19 bits per heavy atom. The lowest BCUT2D eigenvalue weighted by Crippen LogP contribution is -2.21. The first-order valence-electron chi connectivity index (χ1n) is 4.71. The zero-order valence-corrected chi connectivity index (χ0v) is 8.83. The number of hydrogen-bond acceptors (Lipinski definition) is 4. The summed E-state index contributed by atoms with van der Waals surface area (Å²) in [6.07, 6.45) is 1.96. The van der Waals surface area contributed by atoms with Crippen LogP contribution in [-0.2, 0) is 9.47 Å². The van der Waals surface area contributed by atoms with Gasteiger partial charge in [-0.3, -0.25) is 0 Å². The van der Waals surface area contributed by atoms with Gasteiger partial charge in [0.2, 0.25) is 0 Å². The first-order chi connectivity index (χ1) is 7.76. The summed E-state index contributed by atoms with van der Waals surface area (Å²) in [4.78, 5) is 0. The summed E-state index contributed by atoms with van der Waals surface area (Å²) < 4.78 is 15.4. The number of ether oxygens (including phenoxy) is 3. The lowest BCUT2D eigenvalue weighted by molar-refractivity contribution is -0.0848. The predicted molar refractivity (Wildman–Crippen MR) is 60.0 cm³/mol. The molecule has 0 saturated carbocycles. The molecule has 0 amide bonds. The molecule has 1 aromatic rings. The van der Waals surface area contributed by atoms with Gasteiger partial charge in [-0.2, -0.15) is 0 Å². The fourth-order valence-corrected chi connectivity index (χ4v) is 1.03. The van der Waals surface area contributed by atoms with Gasteiger partial charge < -0.3 is 19.3 Å². The molecule has 86 valence electrons. The first kappa shape index (κ1) is 12.0. The highest BCUT2D eigenvalue weighted by molar-refractivity contribution is 5.30. The molecule has 0 bridgehead atoms. The number of rotatable bonds is 7. The normalized spacial score (nSPS) is 9.56. The van der Waals surface area contributed by atoms with Crippen molar-refractivity contribution in [2.24, 2.45) is 0 Å². The van der Waals surface area contributed by atoms with E-state index >= 15 is 0 Å². The second-order valence-corrected chi connectivity index (χ2v) is 2.84. The molecule has 1 N–H and O–H groups in total. The molecule has 0 aliphatic carbocycles. The molecule has 0 spiro atoms. The van der Waals surface area contributed by atoms with Crippen molar-refractivity contribution in [1.29, 1.82) is 0 Å². The van der Waals surface area contributed by atoms with E-state index in [1.807, 2.05) is 0 Å². The van der Waals surface area contributed by atoms with Crippen LogP contribution in [0.25, 0.3) is 0 Å². The van der Waals surface area contributed by atoms with Crippen LogP contribution >= 0.6 is 0 Å². The van der Waals surface area contributed by atoms with E-state index < -0.39 is 6.29 Å². The van der Waals surface area contributed by atoms with Crippen LogP contribution < -0.4 is 4.74 Å². The minimum absolute atomic E-state index is 0.189. The summed E-state index contributed by atoms with van der Waals surface area (Å²) >= 11 is 0. The molecule has 4 heteroatoms. The Morgan fingerprint density at radius 1 is 1.12 bits per heavy atom. The molecule has 4 nitrogen and oxygen atoms in total. The van der Waals surface area contributed by atoms with Crippen molar-refractivity contribution >= 4 is 0 Å². The van der Waals surface area contributed by atoms with E-state index in [0.29, 0.717) is 5.75 Å². The topological polar surface area (TPSA) is 47.9 Å². The summed E-state index contributed by atoms with van der Waals surface area (Å²) in [5, 5.41) is 9.07. The Hall–Kier alpha value is -2.10. The molecule has 0 saturated heterocycles. The van der Waals surface area contributed by atoms with Gasteiger partial charge in [0.05, 0.1) is 12.5 Å². The van der Waals surface area contributed by atoms with Gasteiger partial charge >= 0.3 is 0 Å². The second-order valence-electron chi connectivity index (χ2n) is 2.84. The minimum atomic E-state index is -0.580. The average Bonchev–Trinajstić information content (AvgIpc) is 2.29. The fraction of sp³-hybridized carbons (Fsp3) is 0.167. The quantitative estimate of drug-likeness (QED) is 0.568. The maximum atomic E-state index is 9.07. The Kier molecular flexibility index (Phi) is 4.79. The van der Waals surface area contributed by atoms with Crippen molar-refractivity contribution in [1.82, 2.24) is 0 Å². The lowest BCUT2D eigenvalue weighted by atomic mass is 10.3. The van der Waals surface area contributed by atoms with Crippen molar-refractivity contribution in [2.75, 3.05) is 6.61 Å². The molecular formula is C12H14O4. The van der Waals surface area contributed by atoms with E-state index in [2.05, 4.69) is 13.2 Å². The summed E-state index contributed by atoms with van der Waals surface area (Å²) in [5.41, 5.74) is 0. The van der Waals surface area contributed by atoms with Gasteiger partial charge in [0, 0.05) is 0 Å². The number of phenolic OH excluding ortho intramolecular Hbond substituents is 1. The van der Waals surface area contributed by atoms with E-state index in [4.69, 9.17) is 19.3 Å². The van der Waals surface area contributed by atoms with Crippen LogP contribution in [-0.4, -0.2) is 18.0 Å². The standard InChI is InChI=1S/C12H14O4/c1-3-14-12(15-4-2)9-16-11-7-5-10(13)6-8-11/h3-8,12-13H,1-2,9H2. The Morgan fingerprint density at radius 2 is 1.69 bits per heavy atom. The SMILES string of the molecule is C=COC(COc1ccc(O)cc1)OC=C. The van der Waals surface area contributed by atoms with Crippen molar-refractivity contribution in [3.05, 3.63) is 49.9 Å². The molecule has 0 fully saturated rings. The predicted octanol–water partition coefficient (Wildman–Crippen LogP) is 2.42. The van der Waals surface area contributed by atoms with Crippen LogP contribution in [0.4, 0.5) is 0 Å². The van der Waals surface area contributed by atoms with Gasteiger partial charge in [-0.05, 0) is 24.3 Å². The van der Waals surface area contributed by atoms with Crippen molar-refractivity contribution in [3.8, 4) is 11.5 Å². The summed E-state index contributed by atoms with van der Waals surface area (Å²) in [7, 11) is 0. The maximum Gasteiger partial charge on any atom is 0.273 e. The number of aromatic hydroxyl groups is 1. The number of benzene rings is 1. The van der Waals surface area contributed by atoms with E-state index in [1.54, 1.807) is 12.1 Å². The Labute approximate surface area is 94.4 Å². The smallest absolute Gasteiger partial charge is 0.273 e. The van der Waals surface area contributed by atoms with Crippen molar-refractivity contribution < 1.29 is 19.3 Å². The highest BCUT2D eigenvalue weighted by Gasteiger charge is 2.08. The molecule has 0 aromatic heterocycles. The van der Waals surface area contributed by atoms with E-state index in [1.165, 1.54) is 24.7 Å². The Bertz CT molecular complexity index is 321. The van der Waals surface area contributed by atoms with Gasteiger partial charge in [0.1, 0.15) is 11.5 Å².